The predicted molar refractivity (Wildman–Crippen MR) is 51.3 cm³/mol. The monoisotopic (exact) mass is 218 g/mol. The first-order chi connectivity index (χ1) is 6.24. The zero-order valence-corrected chi connectivity index (χ0v) is 8.05. The summed E-state index contributed by atoms with van der Waals surface area (Å²) in [5.74, 6) is -1.42. The highest BCUT2D eigenvalue weighted by Crippen LogP contribution is 2.29. The summed E-state index contributed by atoms with van der Waals surface area (Å²) in [6.45, 7) is 0. The fourth-order valence-electron chi connectivity index (χ4n) is 1.24. The molecule has 1 aromatic carbocycles. The summed E-state index contributed by atoms with van der Waals surface area (Å²) in [5, 5.41) is 2.05. The van der Waals surface area contributed by atoms with Crippen LogP contribution < -0.4 is 0 Å². The average Bonchev–Trinajstić information content (AvgIpc) is 2.60. The van der Waals surface area contributed by atoms with Gasteiger partial charge in [0.05, 0.1) is 0 Å². The van der Waals surface area contributed by atoms with Gasteiger partial charge in [-0.1, -0.05) is 0 Å². The lowest BCUT2D eigenvalue weighted by Crippen LogP contribution is -1.88. The minimum Gasteiger partial charge on any atom is -0.204 e. The van der Waals surface area contributed by atoms with E-state index in [-0.39, 0.29) is 5.88 Å². The van der Waals surface area contributed by atoms with Crippen molar-refractivity contribution in [3.8, 4) is 0 Å². The summed E-state index contributed by atoms with van der Waals surface area (Å²) >= 11 is 6.97. The van der Waals surface area contributed by atoms with E-state index in [0.29, 0.717) is 10.9 Å². The van der Waals surface area contributed by atoms with Gasteiger partial charge in [0.1, 0.15) is 0 Å². The second kappa shape index (κ2) is 3.24. The van der Waals surface area contributed by atoms with Crippen LogP contribution in [0.25, 0.3) is 10.1 Å². The van der Waals surface area contributed by atoms with Gasteiger partial charge in [-0.2, -0.15) is 0 Å². The number of hydrogen-bond acceptors (Lipinski definition) is 1. The molecule has 0 aliphatic rings. The molecule has 0 bridgehead atoms. The lowest BCUT2D eigenvalue weighted by molar-refractivity contribution is 0.516. The molecule has 0 saturated carbocycles. The smallest absolute Gasteiger partial charge is 0.167 e. The summed E-state index contributed by atoms with van der Waals surface area (Å²) in [6.07, 6.45) is 0. The third-order valence-corrected chi connectivity index (χ3v) is 3.13. The van der Waals surface area contributed by atoms with Gasteiger partial charge < -0.3 is 0 Å². The summed E-state index contributed by atoms with van der Waals surface area (Å²) < 4.78 is 26.8. The number of benzene rings is 1. The van der Waals surface area contributed by atoms with E-state index in [4.69, 9.17) is 11.6 Å². The first kappa shape index (κ1) is 8.91. The van der Waals surface area contributed by atoms with Gasteiger partial charge in [0.2, 0.25) is 0 Å². The van der Waals surface area contributed by atoms with E-state index in [9.17, 15) is 8.78 Å². The highest BCUT2D eigenvalue weighted by atomic mass is 35.5. The lowest BCUT2D eigenvalue weighted by atomic mass is 10.2. The van der Waals surface area contributed by atoms with Gasteiger partial charge in [-0.05, 0) is 23.1 Å². The van der Waals surface area contributed by atoms with E-state index in [1.165, 1.54) is 11.3 Å². The quantitative estimate of drug-likeness (QED) is 0.637. The van der Waals surface area contributed by atoms with Crippen molar-refractivity contribution < 1.29 is 8.78 Å². The zero-order valence-electron chi connectivity index (χ0n) is 6.48. The first-order valence-corrected chi connectivity index (χ1v) is 5.05. The third kappa shape index (κ3) is 1.32. The summed E-state index contributed by atoms with van der Waals surface area (Å²) in [7, 11) is 0. The molecule has 2 aromatic rings. The molecule has 0 unspecified atom stereocenters. The SMILES string of the molecule is Fc1cc(CCl)c2sccc2c1F. The number of thiophene rings is 1. The van der Waals surface area contributed by atoms with Gasteiger partial charge in [0, 0.05) is 16.0 Å². The van der Waals surface area contributed by atoms with Gasteiger partial charge in [0.15, 0.2) is 11.6 Å². The van der Waals surface area contributed by atoms with Crippen LogP contribution in [0.5, 0.6) is 0 Å². The molecule has 0 nitrogen and oxygen atoms in total. The van der Waals surface area contributed by atoms with E-state index < -0.39 is 11.6 Å². The van der Waals surface area contributed by atoms with Crippen LogP contribution >= 0.6 is 22.9 Å². The maximum atomic E-state index is 13.1. The van der Waals surface area contributed by atoms with Crippen LogP contribution in [0.2, 0.25) is 0 Å². The Hall–Kier alpha value is -0.670. The van der Waals surface area contributed by atoms with Crippen LogP contribution in [-0.2, 0) is 5.88 Å². The molecule has 0 fully saturated rings. The number of fused-ring (bicyclic) bond motifs is 1. The van der Waals surface area contributed by atoms with Crippen molar-refractivity contribution in [2.75, 3.05) is 0 Å². The van der Waals surface area contributed by atoms with Crippen molar-refractivity contribution in [1.82, 2.24) is 0 Å². The molecule has 1 heterocycles. The van der Waals surface area contributed by atoms with E-state index in [0.717, 1.165) is 10.8 Å². The predicted octanol–water partition coefficient (Wildman–Crippen LogP) is 3.92. The molecule has 4 heteroatoms. The van der Waals surface area contributed by atoms with E-state index in [1.54, 1.807) is 11.4 Å². The van der Waals surface area contributed by atoms with Gasteiger partial charge >= 0.3 is 0 Å². The largest absolute Gasteiger partial charge is 0.204 e. The summed E-state index contributed by atoms with van der Waals surface area (Å²) in [4.78, 5) is 0. The number of hydrogen-bond donors (Lipinski definition) is 0. The van der Waals surface area contributed by atoms with Gasteiger partial charge in [0.25, 0.3) is 0 Å². The average molecular weight is 219 g/mol. The minimum absolute atomic E-state index is 0.203. The van der Waals surface area contributed by atoms with Crippen molar-refractivity contribution in [1.29, 1.82) is 0 Å². The first-order valence-electron chi connectivity index (χ1n) is 3.64. The van der Waals surface area contributed by atoms with Gasteiger partial charge in [-0.15, -0.1) is 22.9 Å². The second-order valence-electron chi connectivity index (χ2n) is 2.63. The maximum absolute atomic E-state index is 13.1. The highest BCUT2D eigenvalue weighted by Gasteiger charge is 2.11. The number of rotatable bonds is 1. The Morgan fingerprint density at radius 2 is 2.15 bits per heavy atom. The van der Waals surface area contributed by atoms with E-state index in [1.807, 2.05) is 0 Å². The molecule has 0 amide bonds. The second-order valence-corrected chi connectivity index (χ2v) is 3.81. The summed E-state index contributed by atoms with van der Waals surface area (Å²) in [5.41, 5.74) is 0.644. The third-order valence-electron chi connectivity index (χ3n) is 1.85. The zero-order chi connectivity index (χ0) is 9.42. The van der Waals surface area contributed by atoms with Crippen LogP contribution in [0.4, 0.5) is 8.78 Å². The molecule has 1 aromatic heterocycles. The molecule has 2 rings (SSSR count). The highest BCUT2D eigenvalue weighted by molar-refractivity contribution is 7.17. The van der Waals surface area contributed by atoms with Crippen LogP contribution in [-0.4, -0.2) is 0 Å². The maximum Gasteiger partial charge on any atom is 0.167 e. The molecule has 0 aliphatic carbocycles. The Kier molecular flexibility index (Phi) is 2.22. The van der Waals surface area contributed by atoms with Crippen LogP contribution in [0.1, 0.15) is 5.56 Å². The van der Waals surface area contributed by atoms with Crippen LogP contribution in [0.15, 0.2) is 17.5 Å². The molecular weight excluding hydrogens is 214 g/mol. The van der Waals surface area contributed by atoms with Crippen molar-refractivity contribution >= 4 is 33.0 Å². The van der Waals surface area contributed by atoms with Crippen molar-refractivity contribution in [3.05, 3.63) is 34.7 Å². The van der Waals surface area contributed by atoms with E-state index >= 15 is 0 Å². The molecule has 68 valence electrons. The Balaban J connectivity index is 2.87. The number of halogens is 3. The molecule has 0 N–H and O–H groups in total. The Morgan fingerprint density at radius 1 is 1.38 bits per heavy atom. The van der Waals surface area contributed by atoms with Crippen molar-refractivity contribution in [2.24, 2.45) is 0 Å². The molecule has 0 spiro atoms. The van der Waals surface area contributed by atoms with Crippen LogP contribution in [0, 0.1) is 11.6 Å². The fourth-order valence-corrected chi connectivity index (χ4v) is 2.44. The van der Waals surface area contributed by atoms with Gasteiger partial charge in [-0.3, -0.25) is 0 Å². The Morgan fingerprint density at radius 3 is 2.85 bits per heavy atom. The molecule has 0 aliphatic heterocycles. The molecule has 0 atom stereocenters. The molecule has 13 heavy (non-hydrogen) atoms. The Labute approximate surface area is 82.8 Å². The lowest BCUT2D eigenvalue weighted by Gasteiger charge is -2.00. The fraction of sp³-hybridized carbons (Fsp3) is 0.111. The molecular formula is C9H5ClF2S. The number of alkyl halides is 1. The normalized spacial score (nSPS) is 11.0. The van der Waals surface area contributed by atoms with Crippen molar-refractivity contribution in [3.63, 3.8) is 0 Å². The van der Waals surface area contributed by atoms with Crippen molar-refractivity contribution in [2.45, 2.75) is 5.88 Å². The van der Waals surface area contributed by atoms with E-state index in [2.05, 4.69) is 0 Å². The van der Waals surface area contributed by atoms with Crippen LogP contribution in [0.3, 0.4) is 0 Å². The minimum atomic E-state index is -0.832. The molecule has 0 radical (unpaired) electrons. The standard InChI is InChI=1S/C9H5ClF2S/c10-4-5-3-7(11)8(12)6-1-2-13-9(5)6/h1-3H,4H2. The summed E-state index contributed by atoms with van der Waals surface area (Å²) in [6, 6.07) is 2.72. The topological polar surface area (TPSA) is 0 Å². The Bertz CT molecular complexity index is 450. The van der Waals surface area contributed by atoms with Gasteiger partial charge in [-0.25, -0.2) is 8.78 Å². The molecule has 0 saturated heterocycles.